The van der Waals surface area contributed by atoms with Gasteiger partial charge in [0.2, 0.25) is 5.95 Å². The zero-order valence-electron chi connectivity index (χ0n) is 14.8. The van der Waals surface area contributed by atoms with E-state index in [1.165, 1.54) is 0 Å². The zero-order chi connectivity index (χ0) is 18.4. The van der Waals surface area contributed by atoms with Crippen LogP contribution in [0.1, 0.15) is 0 Å². The normalized spacial score (nSPS) is 15.0. The molecule has 0 amide bonds. The van der Waals surface area contributed by atoms with Crippen molar-refractivity contribution in [3.8, 4) is 0 Å². The van der Waals surface area contributed by atoms with Gasteiger partial charge in [0.05, 0.1) is 11.7 Å². The number of anilines is 2. The van der Waals surface area contributed by atoms with Crippen molar-refractivity contribution in [3.63, 3.8) is 0 Å². The molecule has 1 aromatic carbocycles. The molecule has 3 aromatic heterocycles. The molecule has 136 valence electrons. The monoisotopic (exact) mass is 362 g/mol. The average Bonchev–Trinajstić information content (AvgIpc) is 3.09. The first-order valence-corrected chi connectivity index (χ1v) is 8.81. The summed E-state index contributed by atoms with van der Waals surface area (Å²) in [4.78, 5) is 32.5. The van der Waals surface area contributed by atoms with Crippen LogP contribution >= 0.6 is 0 Å². The van der Waals surface area contributed by atoms with Gasteiger partial charge in [0.25, 0.3) is 5.56 Å². The van der Waals surface area contributed by atoms with Crippen LogP contribution in [0.15, 0.2) is 41.7 Å². The van der Waals surface area contributed by atoms with E-state index in [1.807, 2.05) is 12.3 Å². The molecule has 4 aromatic rings. The third-order valence-electron chi connectivity index (χ3n) is 5.02. The number of aromatic amines is 1. The summed E-state index contributed by atoms with van der Waals surface area (Å²) in [5.41, 5.74) is 2.55. The number of H-pyrrole nitrogens is 1. The van der Waals surface area contributed by atoms with Crippen LogP contribution in [0, 0.1) is 0 Å². The van der Waals surface area contributed by atoms with Crippen molar-refractivity contribution in [2.45, 2.75) is 0 Å². The van der Waals surface area contributed by atoms with Gasteiger partial charge in [-0.25, -0.2) is 9.97 Å². The molecule has 0 radical (unpaired) electrons. The Bertz CT molecular complexity index is 1190. The van der Waals surface area contributed by atoms with Crippen molar-refractivity contribution in [1.82, 2.24) is 29.7 Å². The Morgan fingerprint density at radius 2 is 1.89 bits per heavy atom. The molecular weight excluding hydrogens is 344 g/mol. The summed E-state index contributed by atoms with van der Waals surface area (Å²) < 4.78 is 1.63. The highest BCUT2D eigenvalue weighted by atomic mass is 16.1. The van der Waals surface area contributed by atoms with E-state index in [-0.39, 0.29) is 5.56 Å². The third kappa shape index (κ3) is 2.67. The van der Waals surface area contributed by atoms with Gasteiger partial charge in [-0.15, -0.1) is 0 Å². The second-order valence-electron chi connectivity index (χ2n) is 6.63. The zero-order valence-corrected chi connectivity index (χ0v) is 14.8. The van der Waals surface area contributed by atoms with Crippen LogP contribution in [0.5, 0.6) is 0 Å². The molecule has 1 aliphatic heterocycles. The number of aryl methyl sites for hydroxylation is 1. The van der Waals surface area contributed by atoms with Crippen LogP contribution < -0.4 is 15.4 Å². The summed E-state index contributed by atoms with van der Waals surface area (Å²) in [6.07, 6.45) is 4.94. The molecule has 4 heterocycles. The van der Waals surface area contributed by atoms with Crippen LogP contribution in [0.25, 0.3) is 21.9 Å². The Labute approximate surface area is 154 Å². The lowest BCUT2D eigenvalue weighted by molar-refractivity contribution is 0.639. The maximum atomic E-state index is 12.3. The Morgan fingerprint density at radius 1 is 1.07 bits per heavy atom. The SMILES string of the molecule is Cn1ncc2c(=O)[nH]c(N3CCN(c4ccc5ncncc5c4)CC3)nc21. The van der Waals surface area contributed by atoms with E-state index in [0.717, 1.165) is 42.8 Å². The first-order valence-electron chi connectivity index (χ1n) is 8.81. The van der Waals surface area contributed by atoms with E-state index in [0.29, 0.717) is 17.0 Å². The summed E-state index contributed by atoms with van der Waals surface area (Å²) in [6.45, 7) is 3.23. The van der Waals surface area contributed by atoms with Gasteiger partial charge in [0.15, 0.2) is 5.65 Å². The molecule has 5 rings (SSSR count). The molecule has 0 saturated carbocycles. The van der Waals surface area contributed by atoms with Crippen LogP contribution in [-0.4, -0.2) is 55.9 Å². The van der Waals surface area contributed by atoms with E-state index >= 15 is 0 Å². The molecule has 0 aliphatic carbocycles. The van der Waals surface area contributed by atoms with Crippen molar-refractivity contribution in [1.29, 1.82) is 0 Å². The van der Waals surface area contributed by atoms with Gasteiger partial charge in [-0.2, -0.15) is 10.1 Å². The maximum Gasteiger partial charge on any atom is 0.263 e. The lowest BCUT2D eigenvalue weighted by Crippen LogP contribution is -2.47. The highest BCUT2D eigenvalue weighted by Gasteiger charge is 2.20. The predicted octanol–water partition coefficient (Wildman–Crippen LogP) is 0.926. The van der Waals surface area contributed by atoms with Gasteiger partial charge in [0.1, 0.15) is 11.7 Å². The van der Waals surface area contributed by atoms with Crippen molar-refractivity contribution in [2.75, 3.05) is 36.0 Å². The van der Waals surface area contributed by atoms with Gasteiger partial charge in [-0.3, -0.25) is 14.5 Å². The second-order valence-corrected chi connectivity index (χ2v) is 6.63. The predicted molar refractivity (Wildman–Crippen MR) is 103 cm³/mol. The minimum atomic E-state index is -0.153. The highest BCUT2D eigenvalue weighted by Crippen LogP contribution is 2.22. The number of hydrogen-bond donors (Lipinski definition) is 1. The second kappa shape index (κ2) is 6.04. The van der Waals surface area contributed by atoms with Crippen LogP contribution in [-0.2, 0) is 7.05 Å². The standard InChI is InChI=1S/C18H18N8O/c1-24-16-14(10-21-24)17(27)23-18(22-16)26-6-4-25(5-7-26)13-2-3-15-12(8-13)9-19-11-20-15/h2-3,8-11H,4-7H2,1H3,(H,22,23,27). The Hall–Kier alpha value is -3.49. The quantitative estimate of drug-likeness (QED) is 0.567. The fourth-order valence-corrected chi connectivity index (χ4v) is 3.52. The number of aromatic nitrogens is 6. The smallest absolute Gasteiger partial charge is 0.263 e. The molecule has 9 nitrogen and oxygen atoms in total. The van der Waals surface area contributed by atoms with E-state index in [2.05, 4.69) is 47.0 Å². The Balaban J connectivity index is 1.38. The molecule has 9 heteroatoms. The van der Waals surface area contributed by atoms with E-state index in [4.69, 9.17) is 0 Å². The number of rotatable bonds is 2. The molecule has 1 N–H and O–H groups in total. The first kappa shape index (κ1) is 15.7. The third-order valence-corrected chi connectivity index (χ3v) is 5.02. The maximum absolute atomic E-state index is 12.3. The largest absolute Gasteiger partial charge is 0.368 e. The molecular formula is C18H18N8O. The molecule has 1 saturated heterocycles. The number of hydrogen-bond acceptors (Lipinski definition) is 7. The number of fused-ring (bicyclic) bond motifs is 2. The minimum absolute atomic E-state index is 0.153. The fourth-order valence-electron chi connectivity index (χ4n) is 3.52. The summed E-state index contributed by atoms with van der Waals surface area (Å²) in [7, 11) is 1.79. The number of nitrogens with zero attached hydrogens (tertiary/aromatic N) is 7. The fraction of sp³-hybridized carbons (Fsp3) is 0.278. The van der Waals surface area contributed by atoms with Gasteiger partial charge >= 0.3 is 0 Å². The topological polar surface area (TPSA) is 95.8 Å². The molecule has 0 unspecified atom stereocenters. The van der Waals surface area contributed by atoms with Gasteiger partial charge in [-0.1, -0.05) is 0 Å². The van der Waals surface area contributed by atoms with Crippen LogP contribution in [0.3, 0.4) is 0 Å². The lowest BCUT2D eigenvalue weighted by atomic mass is 10.2. The van der Waals surface area contributed by atoms with E-state index in [9.17, 15) is 4.79 Å². The summed E-state index contributed by atoms with van der Waals surface area (Å²) in [6, 6.07) is 6.23. The van der Waals surface area contributed by atoms with E-state index < -0.39 is 0 Å². The number of piperazine rings is 1. The van der Waals surface area contributed by atoms with Gasteiger partial charge in [0, 0.05) is 50.5 Å². The molecule has 0 spiro atoms. The van der Waals surface area contributed by atoms with Crippen molar-refractivity contribution >= 4 is 33.6 Å². The molecule has 1 aliphatic rings. The Kier molecular flexibility index (Phi) is 3.52. The summed E-state index contributed by atoms with van der Waals surface area (Å²) in [5.74, 6) is 0.600. The molecule has 0 atom stereocenters. The van der Waals surface area contributed by atoms with Crippen LogP contribution in [0.4, 0.5) is 11.6 Å². The van der Waals surface area contributed by atoms with Crippen molar-refractivity contribution < 1.29 is 0 Å². The highest BCUT2D eigenvalue weighted by molar-refractivity contribution is 5.81. The van der Waals surface area contributed by atoms with Crippen molar-refractivity contribution in [2.24, 2.45) is 7.05 Å². The summed E-state index contributed by atoms with van der Waals surface area (Å²) in [5, 5.41) is 5.66. The summed E-state index contributed by atoms with van der Waals surface area (Å²) >= 11 is 0. The minimum Gasteiger partial charge on any atom is -0.368 e. The molecule has 0 bridgehead atoms. The van der Waals surface area contributed by atoms with E-state index in [1.54, 1.807) is 24.3 Å². The van der Waals surface area contributed by atoms with Crippen LogP contribution in [0.2, 0.25) is 0 Å². The van der Waals surface area contributed by atoms with Gasteiger partial charge in [-0.05, 0) is 18.2 Å². The number of benzene rings is 1. The molecule has 1 fully saturated rings. The first-order chi connectivity index (χ1) is 13.2. The number of nitrogens with one attached hydrogen (secondary N) is 1. The average molecular weight is 362 g/mol. The van der Waals surface area contributed by atoms with Crippen molar-refractivity contribution in [3.05, 3.63) is 47.3 Å². The van der Waals surface area contributed by atoms with Gasteiger partial charge < -0.3 is 9.80 Å². The lowest BCUT2D eigenvalue weighted by Gasteiger charge is -2.36. The Morgan fingerprint density at radius 3 is 2.74 bits per heavy atom. The molecule has 27 heavy (non-hydrogen) atoms.